The highest BCUT2D eigenvalue weighted by atomic mass is 79.9. The summed E-state index contributed by atoms with van der Waals surface area (Å²) < 4.78 is 0.831. The van der Waals surface area contributed by atoms with E-state index in [1.165, 1.54) is 0 Å². The number of nitrogens with one attached hydrogen (secondary N) is 1. The lowest BCUT2D eigenvalue weighted by Gasteiger charge is -2.07. The Bertz CT molecular complexity index is 383. The lowest BCUT2D eigenvalue weighted by Crippen LogP contribution is -2.25. The molecule has 0 spiro atoms. The molecule has 17 heavy (non-hydrogen) atoms. The van der Waals surface area contributed by atoms with E-state index >= 15 is 0 Å². The van der Waals surface area contributed by atoms with Gasteiger partial charge in [-0.25, -0.2) is 0 Å². The van der Waals surface area contributed by atoms with Crippen molar-refractivity contribution in [1.29, 1.82) is 0 Å². The average molecular weight is 301 g/mol. The van der Waals surface area contributed by atoms with E-state index in [1.54, 1.807) is 18.2 Å². The van der Waals surface area contributed by atoms with Gasteiger partial charge in [-0.15, -0.1) is 0 Å². The first-order chi connectivity index (χ1) is 8.15. The highest BCUT2D eigenvalue weighted by Crippen LogP contribution is 2.18. The summed E-state index contributed by atoms with van der Waals surface area (Å²) in [5.41, 5.74) is 6.69. The number of halogens is 1. The number of nitrogens with two attached hydrogens (primary N) is 1. The van der Waals surface area contributed by atoms with Crippen molar-refractivity contribution in [2.75, 3.05) is 18.9 Å². The molecular formula is C12H17BrN2O2. The van der Waals surface area contributed by atoms with E-state index in [0.717, 1.165) is 23.7 Å². The highest BCUT2D eigenvalue weighted by Gasteiger charge is 2.09. The molecule has 0 radical (unpaired) electrons. The minimum Gasteiger partial charge on any atom is -0.398 e. The number of carbonyl (C=O) groups is 1. The van der Waals surface area contributed by atoms with E-state index in [1.807, 2.05) is 0 Å². The largest absolute Gasteiger partial charge is 0.398 e. The maximum atomic E-state index is 11.8. The number of nitrogen functional groups attached to an aromatic ring is 1. The Morgan fingerprint density at radius 3 is 2.82 bits per heavy atom. The Kier molecular flexibility index (Phi) is 6.00. The van der Waals surface area contributed by atoms with Crippen molar-refractivity contribution in [3.05, 3.63) is 28.2 Å². The molecule has 4 N–H and O–H groups in total. The van der Waals surface area contributed by atoms with Crippen molar-refractivity contribution in [2.45, 2.75) is 19.3 Å². The van der Waals surface area contributed by atoms with Crippen LogP contribution >= 0.6 is 15.9 Å². The standard InChI is InChI=1S/C12H17BrN2O2/c13-9-4-5-11(14)10(8-9)12(17)15-6-2-1-3-7-16/h4-5,8,16H,1-3,6-7,14H2,(H,15,17). The van der Waals surface area contributed by atoms with Crippen molar-refractivity contribution in [3.8, 4) is 0 Å². The van der Waals surface area contributed by atoms with Gasteiger partial charge >= 0.3 is 0 Å². The van der Waals surface area contributed by atoms with Crippen LogP contribution in [-0.2, 0) is 0 Å². The maximum absolute atomic E-state index is 11.8. The second-order valence-corrected chi connectivity index (χ2v) is 4.69. The molecule has 94 valence electrons. The van der Waals surface area contributed by atoms with Gasteiger partial charge in [0, 0.05) is 23.3 Å². The Morgan fingerprint density at radius 2 is 2.12 bits per heavy atom. The third-order valence-electron chi connectivity index (χ3n) is 2.38. The summed E-state index contributed by atoms with van der Waals surface area (Å²) in [5, 5.41) is 11.4. The van der Waals surface area contributed by atoms with E-state index in [9.17, 15) is 4.79 Å². The number of anilines is 1. The first-order valence-electron chi connectivity index (χ1n) is 5.59. The Labute approximate surface area is 109 Å². The zero-order chi connectivity index (χ0) is 12.7. The second-order valence-electron chi connectivity index (χ2n) is 3.77. The van der Waals surface area contributed by atoms with Gasteiger partial charge in [0.05, 0.1) is 5.56 Å². The van der Waals surface area contributed by atoms with Crippen LogP contribution in [0.1, 0.15) is 29.6 Å². The lowest BCUT2D eigenvalue weighted by molar-refractivity contribution is 0.0953. The number of amides is 1. The van der Waals surface area contributed by atoms with Crippen LogP contribution in [-0.4, -0.2) is 24.2 Å². The van der Waals surface area contributed by atoms with Gasteiger partial charge in [0.2, 0.25) is 0 Å². The zero-order valence-electron chi connectivity index (χ0n) is 9.58. The summed E-state index contributed by atoms with van der Waals surface area (Å²) in [5.74, 6) is -0.159. The van der Waals surface area contributed by atoms with E-state index in [-0.39, 0.29) is 12.5 Å². The highest BCUT2D eigenvalue weighted by molar-refractivity contribution is 9.10. The fraction of sp³-hybridized carbons (Fsp3) is 0.417. The molecule has 0 aliphatic heterocycles. The van der Waals surface area contributed by atoms with Gasteiger partial charge in [-0.1, -0.05) is 15.9 Å². The maximum Gasteiger partial charge on any atom is 0.253 e. The van der Waals surface area contributed by atoms with Crippen LogP contribution in [0.5, 0.6) is 0 Å². The molecule has 0 heterocycles. The molecule has 0 fully saturated rings. The molecule has 0 atom stereocenters. The van der Waals surface area contributed by atoms with Gasteiger partial charge in [-0.05, 0) is 37.5 Å². The van der Waals surface area contributed by atoms with Crippen molar-refractivity contribution in [2.24, 2.45) is 0 Å². The van der Waals surface area contributed by atoms with Gasteiger partial charge < -0.3 is 16.2 Å². The van der Waals surface area contributed by atoms with E-state index in [0.29, 0.717) is 17.8 Å². The molecule has 0 unspecified atom stereocenters. The molecule has 0 aliphatic carbocycles. The van der Waals surface area contributed by atoms with Gasteiger partial charge in [-0.3, -0.25) is 4.79 Å². The predicted molar refractivity (Wildman–Crippen MR) is 71.8 cm³/mol. The van der Waals surface area contributed by atoms with Crippen LogP contribution < -0.4 is 11.1 Å². The van der Waals surface area contributed by atoms with Crippen LogP contribution in [0, 0.1) is 0 Å². The number of aliphatic hydroxyl groups excluding tert-OH is 1. The molecule has 0 aliphatic rings. The number of hydrogen-bond donors (Lipinski definition) is 3. The minimum atomic E-state index is -0.159. The van der Waals surface area contributed by atoms with Crippen molar-refractivity contribution >= 4 is 27.5 Å². The first kappa shape index (κ1) is 14.0. The average Bonchev–Trinajstić information content (AvgIpc) is 2.32. The van der Waals surface area contributed by atoms with Gasteiger partial charge in [0.25, 0.3) is 5.91 Å². The summed E-state index contributed by atoms with van der Waals surface area (Å²) >= 11 is 3.30. The Balaban J connectivity index is 2.44. The minimum absolute atomic E-state index is 0.159. The Hall–Kier alpha value is -1.07. The molecule has 1 aromatic rings. The van der Waals surface area contributed by atoms with Gasteiger partial charge in [0.1, 0.15) is 0 Å². The molecular weight excluding hydrogens is 284 g/mol. The smallest absolute Gasteiger partial charge is 0.253 e. The molecule has 1 aromatic carbocycles. The summed E-state index contributed by atoms with van der Waals surface area (Å²) in [6.45, 7) is 0.803. The molecule has 1 amide bonds. The molecule has 0 aromatic heterocycles. The zero-order valence-corrected chi connectivity index (χ0v) is 11.2. The van der Waals surface area contributed by atoms with Crippen molar-refractivity contribution < 1.29 is 9.90 Å². The number of rotatable bonds is 6. The van der Waals surface area contributed by atoms with Crippen molar-refractivity contribution in [1.82, 2.24) is 5.32 Å². The molecule has 5 heteroatoms. The molecule has 0 bridgehead atoms. The number of unbranched alkanes of at least 4 members (excludes halogenated alkanes) is 2. The number of carbonyl (C=O) groups excluding carboxylic acids is 1. The molecule has 1 rings (SSSR count). The summed E-state index contributed by atoms with van der Waals surface area (Å²) in [6.07, 6.45) is 2.54. The quantitative estimate of drug-likeness (QED) is 0.555. The first-order valence-corrected chi connectivity index (χ1v) is 6.38. The van der Waals surface area contributed by atoms with E-state index in [2.05, 4.69) is 21.2 Å². The van der Waals surface area contributed by atoms with Crippen molar-refractivity contribution in [3.63, 3.8) is 0 Å². The number of hydrogen-bond acceptors (Lipinski definition) is 3. The normalized spacial score (nSPS) is 10.2. The SMILES string of the molecule is Nc1ccc(Br)cc1C(=O)NCCCCCO. The summed E-state index contributed by atoms with van der Waals surface area (Å²) in [7, 11) is 0. The van der Waals surface area contributed by atoms with E-state index < -0.39 is 0 Å². The molecule has 0 saturated carbocycles. The predicted octanol–water partition coefficient (Wildman–Crippen LogP) is 1.92. The monoisotopic (exact) mass is 300 g/mol. The van der Waals surface area contributed by atoms with Crippen LogP contribution in [0.25, 0.3) is 0 Å². The summed E-state index contributed by atoms with van der Waals surface area (Å²) in [4.78, 5) is 11.8. The van der Waals surface area contributed by atoms with Crippen LogP contribution in [0.3, 0.4) is 0 Å². The fourth-order valence-corrected chi connectivity index (χ4v) is 1.80. The van der Waals surface area contributed by atoms with Gasteiger partial charge in [-0.2, -0.15) is 0 Å². The number of aliphatic hydroxyl groups is 1. The van der Waals surface area contributed by atoms with Crippen LogP contribution in [0.15, 0.2) is 22.7 Å². The van der Waals surface area contributed by atoms with Gasteiger partial charge in [0.15, 0.2) is 0 Å². The second kappa shape index (κ2) is 7.29. The third kappa shape index (κ3) is 4.75. The molecule has 0 saturated heterocycles. The van der Waals surface area contributed by atoms with Crippen LogP contribution in [0.2, 0.25) is 0 Å². The molecule has 4 nitrogen and oxygen atoms in total. The lowest BCUT2D eigenvalue weighted by atomic mass is 10.1. The van der Waals surface area contributed by atoms with Crippen LogP contribution in [0.4, 0.5) is 5.69 Å². The third-order valence-corrected chi connectivity index (χ3v) is 2.87. The fourth-order valence-electron chi connectivity index (χ4n) is 1.44. The Morgan fingerprint density at radius 1 is 1.35 bits per heavy atom. The van der Waals surface area contributed by atoms with E-state index in [4.69, 9.17) is 10.8 Å². The summed E-state index contributed by atoms with van der Waals surface area (Å²) in [6, 6.07) is 5.20. The number of benzene rings is 1. The topological polar surface area (TPSA) is 75.4 Å².